The van der Waals surface area contributed by atoms with Crippen LogP contribution in [0.15, 0.2) is 52.3 Å². The zero-order chi connectivity index (χ0) is 18.6. The first-order valence-electron chi connectivity index (χ1n) is 8.12. The maximum atomic E-state index is 12.9. The lowest BCUT2D eigenvalue weighted by Gasteiger charge is -2.18. The lowest BCUT2D eigenvalue weighted by Crippen LogP contribution is -2.27. The monoisotopic (exact) mass is 379 g/mol. The Morgan fingerprint density at radius 3 is 2.12 bits per heavy atom. The number of hydrogen-bond donors (Lipinski definition) is 1. The van der Waals surface area contributed by atoms with Crippen LogP contribution in [0.25, 0.3) is 0 Å². The molecule has 0 saturated heterocycles. The topological polar surface area (TPSA) is 55.4 Å². The van der Waals surface area contributed by atoms with Gasteiger partial charge < -0.3 is 4.74 Å². The number of hydrogen-bond acceptors (Lipinski definition) is 4. The van der Waals surface area contributed by atoms with E-state index in [2.05, 4.69) is 4.72 Å². The van der Waals surface area contributed by atoms with Gasteiger partial charge >= 0.3 is 0 Å². The summed E-state index contributed by atoms with van der Waals surface area (Å²) in [5.74, 6) is 0.582. The van der Waals surface area contributed by atoms with Gasteiger partial charge in [0.2, 0.25) is 10.0 Å². The van der Waals surface area contributed by atoms with Gasteiger partial charge in [0.1, 0.15) is 10.6 Å². The summed E-state index contributed by atoms with van der Waals surface area (Å²) in [4.78, 5) is 1.32. The number of nitrogens with one attached hydrogen (secondary N) is 1. The molecule has 1 N–H and O–H groups in total. The molecule has 25 heavy (non-hydrogen) atoms. The maximum absolute atomic E-state index is 12.9. The van der Waals surface area contributed by atoms with Gasteiger partial charge in [0.25, 0.3) is 0 Å². The fourth-order valence-electron chi connectivity index (χ4n) is 2.52. The summed E-state index contributed by atoms with van der Waals surface area (Å²) in [5, 5.41) is 0. The van der Waals surface area contributed by atoms with Crippen molar-refractivity contribution in [1.82, 2.24) is 4.72 Å². The number of ether oxygens (including phenoxy) is 1. The van der Waals surface area contributed by atoms with Crippen LogP contribution in [0.5, 0.6) is 5.75 Å². The average molecular weight is 380 g/mol. The van der Waals surface area contributed by atoms with Crippen molar-refractivity contribution in [2.24, 2.45) is 0 Å². The van der Waals surface area contributed by atoms with Crippen LogP contribution in [0.2, 0.25) is 0 Å². The van der Waals surface area contributed by atoms with Crippen molar-refractivity contribution in [3.8, 4) is 5.75 Å². The van der Waals surface area contributed by atoms with Gasteiger partial charge in [0.05, 0.1) is 7.11 Å². The van der Waals surface area contributed by atoms with Crippen LogP contribution in [-0.2, 0) is 10.0 Å². The second-order valence-electron chi connectivity index (χ2n) is 6.18. The summed E-state index contributed by atoms with van der Waals surface area (Å²) >= 11 is 1.65. The van der Waals surface area contributed by atoms with E-state index in [0.29, 0.717) is 5.75 Å². The molecule has 0 fully saturated rings. The summed E-state index contributed by atoms with van der Waals surface area (Å²) in [6.07, 6.45) is 2.01. The molecule has 0 aliphatic heterocycles. The Bertz CT molecular complexity index is 815. The zero-order valence-electron chi connectivity index (χ0n) is 15.2. The summed E-state index contributed by atoms with van der Waals surface area (Å²) in [7, 11) is -2.22. The highest BCUT2D eigenvalue weighted by Gasteiger charge is 2.23. The molecule has 0 aliphatic carbocycles. The molecule has 0 aliphatic rings. The summed E-state index contributed by atoms with van der Waals surface area (Å²) in [6, 6.07) is 12.8. The van der Waals surface area contributed by atoms with Crippen molar-refractivity contribution in [2.75, 3.05) is 13.4 Å². The van der Waals surface area contributed by atoms with E-state index in [9.17, 15) is 8.42 Å². The van der Waals surface area contributed by atoms with Gasteiger partial charge in [0, 0.05) is 10.9 Å². The molecule has 0 aromatic heterocycles. The molecule has 0 spiro atoms. The quantitative estimate of drug-likeness (QED) is 0.716. The molecule has 2 rings (SSSR count). The fourth-order valence-corrected chi connectivity index (χ4v) is 4.36. The van der Waals surface area contributed by atoms with E-state index < -0.39 is 10.0 Å². The van der Waals surface area contributed by atoms with E-state index in [0.717, 1.165) is 16.0 Å². The fraction of sp³-hybridized carbons (Fsp3) is 0.368. The number of rotatable bonds is 7. The van der Waals surface area contributed by atoms with Crippen molar-refractivity contribution < 1.29 is 13.2 Å². The minimum atomic E-state index is -3.70. The normalized spacial score (nSPS) is 13.0. The Morgan fingerprint density at radius 2 is 1.60 bits per heavy atom. The number of benzene rings is 2. The Kier molecular flexibility index (Phi) is 6.54. The molecule has 2 aromatic rings. The smallest absolute Gasteiger partial charge is 0.244 e. The van der Waals surface area contributed by atoms with E-state index in [1.54, 1.807) is 23.9 Å². The van der Waals surface area contributed by atoms with Crippen LogP contribution in [-0.4, -0.2) is 21.8 Å². The summed E-state index contributed by atoms with van der Waals surface area (Å²) < 4.78 is 33.8. The van der Waals surface area contributed by atoms with Crippen LogP contribution in [0.1, 0.15) is 43.9 Å². The second kappa shape index (κ2) is 8.25. The molecule has 0 heterocycles. The van der Waals surface area contributed by atoms with Crippen LogP contribution < -0.4 is 9.46 Å². The van der Waals surface area contributed by atoms with Crippen LogP contribution in [0.4, 0.5) is 0 Å². The molecule has 4 nitrogen and oxygen atoms in total. The molecule has 6 heteroatoms. The lowest BCUT2D eigenvalue weighted by molar-refractivity contribution is 0.401. The standard InChI is InChI=1S/C19H25NO3S2/c1-13(2)16-8-11-18(23-4)19(12-16)25(21,22)20-14(3)15-6-9-17(24-5)10-7-15/h6-14,20H,1-5H3. The molecule has 1 atom stereocenters. The van der Waals surface area contributed by atoms with Gasteiger partial charge in [-0.1, -0.05) is 32.0 Å². The highest BCUT2D eigenvalue weighted by atomic mass is 32.2. The predicted molar refractivity (Wildman–Crippen MR) is 104 cm³/mol. The molecule has 2 aromatic carbocycles. The zero-order valence-corrected chi connectivity index (χ0v) is 16.9. The van der Waals surface area contributed by atoms with Crippen LogP contribution >= 0.6 is 11.8 Å². The first-order valence-corrected chi connectivity index (χ1v) is 10.8. The molecule has 0 bridgehead atoms. The minimum Gasteiger partial charge on any atom is -0.495 e. The van der Waals surface area contributed by atoms with Gasteiger partial charge in [-0.15, -0.1) is 11.8 Å². The van der Waals surface area contributed by atoms with Gasteiger partial charge in [-0.25, -0.2) is 13.1 Å². The van der Waals surface area contributed by atoms with Crippen LogP contribution in [0, 0.1) is 0 Å². The van der Waals surface area contributed by atoms with Crippen molar-refractivity contribution >= 4 is 21.8 Å². The Hall–Kier alpha value is -1.50. The molecule has 1 unspecified atom stereocenters. The first kappa shape index (κ1) is 19.8. The van der Waals surface area contributed by atoms with Gasteiger partial charge in [-0.2, -0.15) is 0 Å². The SMILES string of the molecule is COc1ccc(C(C)C)cc1S(=O)(=O)NC(C)c1ccc(SC)cc1. The van der Waals surface area contributed by atoms with E-state index in [1.807, 2.05) is 57.4 Å². The summed E-state index contributed by atoms with van der Waals surface area (Å²) in [6.45, 7) is 5.90. The van der Waals surface area contributed by atoms with E-state index >= 15 is 0 Å². The van der Waals surface area contributed by atoms with Crippen molar-refractivity contribution in [2.45, 2.75) is 42.5 Å². The van der Waals surface area contributed by atoms with Gasteiger partial charge in [-0.3, -0.25) is 0 Å². The maximum Gasteiger partial charge on any atom is 0.244 e. The molecule has 0 amide bonds. The molecule has 0 radical (unpaired) electrons. The predicted octanol–water partition coefficient (Wildman–Crippen LogP) is 4.58. The molecule has 0 saturated carbocycles. The second-order valence-corrected chi connectivity index (χ2v) is 8.74. The van der Waals surface area contributed by atoms with Gasteiger partial charge in [0.15, 0.2) is 0 Å². The van der Waals surface area contributed by atoms with Crippen LogP contribution in [0.3, 0.4) is 0 Å². The average Bonchev–Trinajstić information content (AvgIpc) is 2.60. The van der Waals surface area contributed by atoms with Crippen molar-refractivity contribution in [1.29, 1.82) is 0 Å². The van der Waals surface area contributed by atoms with Gasteiger partial charge in [-0.05, 0) is 54.5 Å². The van der Waals surface area contributed by atoms with E-state index in [1.165, 1.54) is 7.11 Å². The molecular formula is C19H25NO3S2. The third-order valence-corrected chi connectivity index (χ3v) is 6.40. The summed E-state index contributed by atoms with van der Waals surface area (Å²) in [5.41, 5.74) is 1.87. The van der Waals surface area contributed by atoms with E-state index in [4.69, 9.17) is 4.74 Å². The number of thioether (sulfide) groups is 1. The van der Waals surface area contributed by atoms with Crippen molar-refractivity contribution in [3.05, 3.63) is 53.6 Å². The molecular weight excluding hydrogens is 354 g/mol. The third kappa shape index (κ3) is 4.77. The number of methoxy groups -OCH3 is 1. The number of sulfonamides is 1. The Labute approximate surface area is 155 Å². The Morgan fingerprint density at radius 1 is 1.00 bits per heavy atom. The Balaban J connectivity index is 2.32. The first-order chi connectivity index (χ1) is 11.8. The van der Waals surface area contributed by atoms with E-state index in [-0.39, 0.29) is 16.9 Å². The highest BCUT2D eigenvalue weighted by molar-refractivity contribution is 7.98. The largest absolute Gasteiger partial charge is 0.495 e. The van der Waals surface area contributed by atoms with Crippen molar-refractivity contribution in [3.63, 3.8) is 0 Å². The minimum absolute atomic E-state index is 0.175. The molecule has 136 valence electrons. The highest BCUT2D eigenvalue weighted by Crippen LogP contribution is 2.29. The lowest BCUT2D eigenvalue weighted by atomic mass is 10.0. The third-order valence-electron chi connectivity index (χ3n) is 4.09.